The second kappa shape index (κ2) is 9.35. The monoisotopic (exact) mass is 465 g/mol. The predicted molar refractivity (Wildman–Crippen MR) is 111 cm³/mol. The number of furan rings is 1. The summed E-state index contributed by atoms with van der Waals surface area (Å²) in [6.45, 7) is 0.388. The van der Waals surface area contributed by atoms with Crippen LogP contribution in [0.3, 0.4) is 0 Å². The fraction of sp³-hybridized carbons (Fsp3) is 0.150. The summed E-state index contributed by atoms with van der Waals surface area (Å²) in [6, 6.07) is 18.2. The summed E-state index contributed by atoms with van der Waals surface area (Å²) in [7, 11) is -1.14. The van der Waals surface area contributed by atoms with Crippen molar-refractivity contribution in [1.82, 2.24) is 5.32 Å². The van der Waals surface area contributed by atoms with Gasteiger partial charge in [0.15, 0.2) is 5.76 Å². The van der Waals surface area contributed by atoms with Gasteiger partial charge >= 0.3 is 0 Å². The quantitative estimate of drug-likeness (QED) is 0.528. The molecule has 0 aliphatic rings. The van der Waals surface area contributed by atoms with Crippen LogP contribution >= 0.6 is 27.5 Å². The Morgan fingerprint density at radius 2 is 1.78 bits per heavy atom. The first-order valence-corrected chi connectivity index (χ1v) is 10.9. The molecule has 1 heterocycles. The number of carbonyl (C=O) groups excluding carboxylic acids is 1. The Morgan fingerprint density at radius 3 is 2.52 bits per heavy atom. The molecule has 140 valence electrons. The summed E-state index contributed by atoms with van der Waals surface area (Å²) in [5.41, 5.74) is 1.91. The fourth-order valence-corrected chi connectivity index (χ4v) is 4.15. The highest BCUT2D eigenvalue weighted by atomic mass is 79.9. The van der Waals surface area contributed by atoms with E-state index in [0.29, 0.717) is 23.1 Å². The summed E-state index contributed by atoms with van der Waals surface area (Å²) in [4.78, 5) is 12.2. The van der Waals surface area contributed by atoms with E-state index in [1.165, 1.54) is 0 Å². The van der Waals surface area contributed by atoms with Crippen molar-refractivity contribution >= 4 is 44.2 Å². The third kappa shape index (κ3) is 5.79. The molecule has 0 radical (unpaired) electrons. The molecule has 1 aromatic heterocycles. The van der Waals surface area contributed by atoms with Gasteiger partial charge in [-0.25, -0.2) is 0 Å². The molecule has 0 aliphatic carbocycles. The maximum absolute atomic E-state index is 12.3. The van der Waals surface area contributed by atoms with Crippen molar-refractivity contribution in [2.75, 3.05) is 0 Å². The van der Waals surface area contributed by atoms with Gasteiger partial charge in [-0.1, -0.05) is 57.9 Å². The zero-order valence-corrected chi connectivity index (χ0v) is 17.4. The standard InChI is InChI=1S/C20H17BrClNO3S/c21-18-4-2-1-3-15(18)11-23-20(24)19-10-9-17(26-19)13-27(25)12-14-5-7-16(22)8-6-14/h1-10H,11-13H2,(H,23,24)/t27-/m1/s1. The minimum absolute atomic E-state index is 0.209. The molecule has 0 aliphatic heterocycles. The third-order valence-corrected chi connectivity index (χ3v) is 6.11. The van der Waals surface area contributed by atoms with Crippen LogP contribution in [0.15, 0.2) is 69.6 Å². The fourth-order valence-electron chi connectivity index (χ4n) is 2.46. The van der Waals surface area contributed by atoms with E-state index in [1.807, 2.05) is 36.4 Å². The van der Waals surface area contributed by atoms with Gasteiger partial charge in [-0.2, -0.15) is 0 Å². The molecule has 0 saturated heterocycles. The number of amides is 1. The molecule has 0 spiro atoms. The Bertz CT molecular complexity index is 956. The average Bonchev–Trinajstić information content (AvgIpc) is 3.11. The van der Waals surface area contributed by atoms with Crippen molar-refractivity contribution in [2.45, 2.75) is 18.1 Å². The normalized spacial score (nSPS) is 11.9. The van der Waals surface area contributed by atoms with Crippen LogP contribution in [0.4, 0.5) is 0 Å². The molecule has 0 saturated carbocycles. The molecule has 7 heteroatoms. The lowest BCUT2D eigenvalue weighted by Crippen LogP contribution is -2.22. The van der Waals surface area contributed by atoms with Crippen LogP contribution in [0.25, 0.3) is 0 Å². The molecule has 0 fully saturated rings. The number of rotatable bonds is 7. The molecule has 2 aromatic carbocycles. The zero-order chi connectivity index (χ0) is 19.2. The van der Waals surface area contributed by atoms with E-state index >= 15 is 0 Å². The highest BCUT2D eigenvalue weighted by molar-refractivity contribution is 9.10. The minimum Gasteiger partial charge on any atom is -0.455 e. The number of carbonyl (C=O) groups is 1. The lowest BCUT2D eigenvalue weighted by Gasteiger charge is -2.05. The van der Waals surface area contributed by atoms with Crippen LogP contribution in [-0.4, -0.2) is 10.1 Å². The molecule has 1 amide bonds. The number of halogens is 2. The van der Waals surface area contributed by atoms with Gasteiger partial charge in [-0.05, 0) is 41.5 Å². The van der Waals surface area contributed by atoms with E-state index in [1.54, 1.807) is 24.3 Å². The van der Waals surface area contributed by atoms with Crippen molar-refractivity contribution in [2.24, 2.45) is 0 Å². The number of hydrogen-bond donors (Lipinski definition) is 1. The van der Waals surface area contributed by atoms with E-state index in [0.717, 1.165) is 15.6 Å². The Morgan fingerprint density at radius 1 is 1.04 bits per heavy atom. The molecular weight excluding hydrogens is 450 g/mol. The second-order valence-corrected chi connectivity index (χ2v) is 8.64. The van der Waals surface area contributed by atoms with E-state index in [-0.39, 0.29) is 17.4 Å². The lowest BCUT2D eigenvalue weighted by molar-refractivity contribution is 0.0921. The zero-order valence-electron chi connectivity index (χ0n) is 14.3. The average molecular weight is 467 g/mol. The van der Waals surface area contributed by atoms with Crippen LogP contribution in [0.1, 0.15) is 27.4 Å². The van der Waals surface area contributed by atoms with Gasteiger partial charge in [0.05, 0.1) is 5.75 Å². The summed E-state index contributed by atoms with van der Waals surface area (Å²) in [5.74, 6) is 1.08. The topological polar surface area (TPSA) is 59.3 Å². The van der Waals surface area contributed by atoms with Gasteiger partial charge in [0.25, 0.3) is 5.91 Å². The summed E-state index contributed by atoms with van der Waals surface area (Å²) in [6.07, 6.45) is 0. The molecule has 1 N–H and O–H groups in total. The molecule has 0 bridgehead atoms. The van der Waals surface area contributed by atoms with E-state index in [9.17, 15) is 9.00 Å². The van der Waals surface area contributed by atoms with Gasteiger partial charge in [-0.3, -0.25) is 9.00 Å². The Kier molecular flexibility index (Phi) is 6.88. The summed E-state index contributed by atoms with van der Waals surface area (Å²) < 4.78 is 18.8. The highest BCUT2D eigenvalue weighted by Crippen LogP contribution is 2.17. The number of benzene rings is 2. The van der Waals surface area contributed by atoms with Gasteiger partial charge < -0.3 is 9.73 Å². The SMILES string of the molecule is O=C(NCc1ccccc1Br)c1ccc(C[S@](=O)Cc2ccc(Cl)cc2)o1. The lowest BCUT2D eigenvalue weighted by atomic mass is 10.2. The molecule has 4 nitrogen and oxygen atoms in total. The first kappa shape index (κ1) is 19.9. The Hall–Kier alpha value is -1.89. The van der Waals surface area contributed by atoms with Crippen molar-refractivity contribution in [1.29, 1.82) is 0 Å². The van der Waals surface area contributed by atoms with Gasteiger partial charge in [0.2, 0.25) is 0 Å². The molecular formula is C20H17BrClNO3S. The number of hydrogen-bond acceptors (Lipinski definition) is 3. The first-order valence-electron chi connectivity index (χ1n) is 8.21. The summed E-state index contributed by atoms with van der Waals surface area (Å²) in [5, 5.41) is 3.46. The minimum atomic E-state index is -1.14. The molecule has 3 rings (SSSR count). The van der Waals surface area contributed by atoms with E-state index < -0.39 is 10.8 Å². The smallest absolute Gasteiger partial charge is 0.287 e. The molecule has 0 unspecified atom stereocenters. The van der Waals surface area contributed by atoms with Crippen molar-refractivity contribution < 1.29 is 13.4 Å². The number of nitrogens with one attached hydrogen (secondary N) is 1. The van der Waals surface area contributed by atoms with E-state index in [2.05, 4.69) is 21.2 Å². The highest BCUT2D eigenvalue weighted by Gasteiger charge is 2.13. The predicted octanol–water partition coefficient (Wildman–Crippen LogP) is 5.07. The van der Waals surface area contributed by atoms with Crippen LogP contribution in [0.2, 0.25) is 5.02 Å². The third-order valence-electron chi connectivity index (χ3n) is 3.83. The Labute approximate surface area is 173 Å². The van der Waals surface area contributed by atoms with E-state index in [4.69, 9.17) is 16.0 Å². The van der Waals surface area contributed by atoms with Crippen LogP contribution in [-0.2, 0) is 28.9 Å². The largest absolute Gasteiger partial charge is 0.455 e. The van der Waals surface area contributed by atoms with Crippen molar-refractivity contribution in [3.63, 3.8) is 0 Å². The van der Waals surface area contributed by atoms with Gasteiger partial charge in [0.1, 0.15) is 5.76 Å². The molecule has 1 atom stereocenters. The Balaban J connectivity index is 1.54. The van der Waals surface area contributed by atoms with Crippen LogP contribution < -0.4 is 5.32 Å². The molecule has 3 aromatic rings. The van der Waals surface area contributed by atoms with Gasteiger partial charge in [0, 0.05) is 32.6 Å². The van der Waals surface area contributed by atoms with Crippen LogP contribution in [0, 0.1) is 0 Å². The first-order chi connectivity index (χ1) is 13.0. The summed E-state index contributed by atoms with van der Waals surface area (Å²) >= 11 is 9.30. The van der Waals surface area contributed by atoms with Gasteiger partial charge in [-0.15, -0.1) is 0 Å². The van der Waals surface area contributed by atoms with Crippen molar-refractivity contribution in [3.8, 4) is 0 Å². The molecule has 27 heavy (non-hydrogen) atoms. The second-order valence-electron chi connectivity index (χ2n) is 5.90. The van der Waals surface area contributed by atoms with Crippen molar-refractivity contribution in [3.05, 3.63) is 92.8 Å². The maximum atomic E-state index is 12.3. The maximum Gasteiger partial charge on any atom is 0.287 e. The van der Waals surface area contributed by atoms with Crippen LogP contribution in [0.5, 0.6) is 0 Å².